The number of piperazine rings is 1. The van der Waals surface area contributed by atoms with Gasteiger partial charge in [0, 0.05) is 44.3 Å². The standard InChI is InChI=1S/C31H37F3N8O/c1-40-13-15-41(16-14-40)23-8-10-24(11-9-23)42-30-27(29(35)37-19-38-30)28(39-42)21-5-12-25(26(17-21)43-2)36-18-20-3-6-22(7-4-20)31(32,33)34/h3-7,12,17,19,23-24,36H,8-11,13-16,18H2,1-2H3,(H2,35,37,38). The topological polar surface area (TPSA) is 97.4 Å². The van der Waals surface area contributed by atoms with Crippen molar-refractivity contribution in [1.29, 1.82) is 0 Å². The minimum absolute atomic E-state index is 0.223. The summed E-state index contributed by atoms with van der Waals surface area (Å²) in [6, 6.07) is 11.6. The van der Waals surface area contributed by atoms with Gasteiger partial charge in [-0.2, -0.15) is 18.3 Å². The highest BCUT2D eigenvalue weighted by Gasteiger charge is 2.31. The largest absolute Gasteiger partial charge is 0.495 e. The zero-order valence-corrected chi connectivity index (χ0v) is 24.4. The summed E-state index contributed by atoms with van der Waals surface area (Å²) in [6.45, 7) is 4.83. The van der Waals surface area contributed by atoms with E-state index in [1.165, 1.54) is 18.5 Å². The number of alkyl halides is 3. The van der Waals surface area contributed by atoms with Gasteiger partial charge < -0.3 is 20.7 Å². The van der Waals surface area contributed by atoms with Crippen LogP contribution < -0.4 is 15.8 Å². The number of nitrogens with one attached hydrogen (secondary N) is 1. The predicted octanol–water partition coefficient (Wildman–Crippen LogP) is 5.45. The lowest BCUT2D eigenvalue weighted by Gasteiger charge is -2.41. The van der Waals surface area contributed by atoms with Crippen molar-refractivity contribution in [3.8, 4) is 17.0 Å². The quantitative estimate of drug-likeness (QED) is 0.292. The SMILES string of the molecule is COc1cc(-c2nn(C3CCC(N4CCN(C)CC4)CC3)c3ncnc(N)c23)ccc1NCc1ccc(C(F)(F)F)cc1. The maximum Gasteiger partial charge on any atom is 0.416 e. The Morgan fingerprint density at radius 1 is 0.953 bits per heavy atom. The molecule has 3 heterocycles. The molecule has 1 saturated carbocycles. The number of aromatic nitrogens is 4. The molecule has 4 aromatic rings. The number of nitrogen functional groups attached to an aromatic ring is 1. The Morgan fingerprint density at radius 2 is 1.65 bits per heavy atom. The second kappa shape index (κ2) is 12.0. The van der Waals surface area contributed by atoms with Crippen LogP contribution in [0, 0.1) is 0 Å². The zero-order chi connectivity index (χ0) is 30.1. The van der Waals surface area contributed by atoms with Crippen LogP contribution in [0.2, 0.25) is 0 Å². The van der Waals surface area contributed by atoms with E-state index in [1.807, 2.05) is 22.9 Å². The Hall–Kier alpha value is -3.90. The highest BCUT2D eigenvalue weighted by Crippen LogP contribution is 2.39. The number of rotatable bonds is 7. The predicted molar refractivity (Wildman–Crippen MR) is 161 cm³/mol. The number of methoxy groups -OCH3 is 1. The number of nitrogens with two attached hydrogens (primary N) is 1. The molecule has 1 saturated heterocycles. The molecule has 2 fully saturated rings. The molecule has 43 heavy (non-hydrogen) atoms. The van der Waals surface area contributed by atoms with E-state index in [-0.39, 0.29) is 6.04 Å². The number of hydrogen-bond donors (Lipinski definition) is 2. The highest BCUT2D eigenvalue weighted by molar-refractivity contribution is 5.98. The lowest BCUT2D eigenvalue weighted by molar-refractivity contribution is -0.137. The number of hydrogen-bond acceptors (Lipinski definition) is 8. The van der Waals surface area contributed by atoms with Gasteiger partial charge in [-0.05, 0) is 62.6 Å². The molecule has 0 spiro atoms. The summed E-state index contributed by atoms with van der Waals surface area (Å²) in [5.74, 6) is 0.955. The van der Waals surface area contributed by atoms with Crippen molar-refractivity contribution in [2.45, 2.75) is 50.5 Å². The van der Waals surface area contributed by atoms with Crippen LogP contribution in [0.3, 0.4) is 0 Å². The Labute approximate surface area is 248 Å². The summed E-state index contributed by atoms with van der Waals surface area (Å²) < 4.78 is 46.5. The Balaban J connectivity index is 1.21. The maximum absolute atomic E-state index is 12.9. The number of ether oxygens (including phenoxy) is 1. The van der Waals surface area contributed by atoms with Gasteiger partial charge in [0.25, 0.3) is 0 Å². The molecule has 0 amide bonds. The van der Waals surface area contributed by atoms with Crippen molar-refractivity contribution in [3.63, 3.8) is 0 Å². The van der Waals surface area contributed by atoms with Crippen LogP contribution in [0.15, 0.2) is 48.8 Å². The van der Waals surface area contributed by atoms with Crippen LogP contribution in [-0.2, 0) is 12.7 Å². The number of benzene rings is 2. The van der Waals surface area contributed by atoms with Crippen molar-refractivity contribution in [3.05, 3.63) is 59.9 Å². The molecule has 6 rings (SSSR count). The molecule has 0 atom stereocenters. The van der Waals surface area contributed by atoms with E-state index in [0.717, 1.165) is 86.2 Å². The molecule has 2 aliphatic rings. The third-order valence-electron chi connectivity index (χ3n) is 8.82. The fourth-order valence-electron chi connectivity index (χ4n) is 6.30. The molecule has 0 bridgehead atoms. The second-order valence-electron chi connectivity index (χ2n) is 11.5. The number of fused-ring (bicyclic) bond motifs is 1. The van der Waals surface area contributed by atoms with E-state index in [2.05, 4.69) is 32.1 Å². The molecule has 0 unspecified atom stereocenters. The number of nitrogens with zero attached hydrogens (tertiary/aromatic N) is 6. The van der Waals surface area contributed by atoms with Crippen LogP contribution in [-0.4, -0.2) is 75.9 Å². The van der Waals surface area contributed by atoms with Crippen LogP contribution in [0.1, 0.15) is 42.9 Å². The summed E-state index contributed by atoms with van der Waals surface area (Å²) in [4.78, 5) is 13.9. The van der Waals surface area contributed by atoms with Gasteiger partial charge >= 0.3 is 6.18 Å². The van der Waals surface area contributed by atoms with E-state index in [1.54, 1.807) is 7.11 Å². The summed E-state index contributed by atoms with van der Waals surface area (Å²) in [5.41, 5.74) is 9.39. The fraction of sp³-hybridized carbons (Fsp3) is 0.452. The molecule has 9 nitrogen and oxygen atoms in total. The normalized spacial score (nSPS) is 20.4. The summed E-state index contributed by atoms with van der Waals surface area (Å²) in [5, 5.41) is 9.05. The van der Waals surface area contributed by atoms with E-state index < -0.39 is 11.7 Å². The van der Waals surface area contributed by atoms with Crippen LogP contribution in [0.5, 0.6) is 5.75 Å². The van der Waals surface area contributed by atoms with Crippen LogP contribution in [0.25, 0.3) is 22.3 Å². The van der Waals surface area contributed by atoms with Crippen molar-refractivity contribution in [1.82, 2.24) is 29.5 Å². The third kappa shape index (κ3) is 6.12. The summed E-state index contributed by atoms with van der Waals surface area (Å²) >= 11 is 0. The first-order valence-electron chi connectivity index (χ1n) is 14.7. The number of anilines is 2. The van der Waals surface area contributed by atoms with E-state index in [4.69, 9.17) is 15.6 Å². The monoisotopic (exact) mass is 594 g/mol. The van der Waals surface area contributed by atoms with E-state index >= 15 is 0 Å². The lowest BCUT2D eigenvalue weighted by atomic mass is 9.90. The molecule has 2 aromatic heterocycles. The molecule has 2 aromatic carbocycles. The maximum atomic E-state index is 12.9. The van der Waals surface area contributed by atoms with Crippen molar-refractivity contribution in [2.75, 3.05) is 51.4 Å². The van der Waals surface area contributed by atoms with Gasteiger partial charge in [-0.25, -0.2) is 14.6 Å². The van der Waals surface area contributed by atoms with Crippen LogP contribution in [0.4, 0.5) is 24.7 Å². The van der Waals surface area contributed by atoms with Gasteiger partial charge in [0.1, 0.15) is 23.6 Å². The summed E-state index contributed by atoms with van der Waals surface area (Å²) in [6.07, 6.45) is 1.42. The molecule has 1 aliphatic heterocycles. The Morgan fingerprint density at radius 3 is 2.33 bits per heavy atom. The van der Waals surface area contributed by atoms with Gasteiger partial charge in [-0.15, -0.1) is 0 Å². The average Bonchev–Trinajstić information content (AvgIpc) is 3.41. The summed E-state index contributed by atoms with van der Waals surface area (Å²) in [7, 11) is 3.76. The van der Waals surface area contributed by atoms with Gasteiger partial charge in [-0.3, -0.25) is 4.90 Å². The first-order valence-corrected chi connectivity index (χ1v) is 14.7. The Bertz CT molecular complexity index is 1560. The van der Waals surface area contributed by atoms with E-state index in [0.29, 0.717) is 35.5 Å². The van der Waals surface area contributed by atoms with Crippen molar-refractivity contribution >= 4 is 22.5 Å². The molecule has 0 radical (unpaired) electrons. The first kappa shape index (κ1) is 29.2. The van der Waals surface area contributed by atoms with Crippen LogP contribution >= 0.6 is 0 Å². The molecule has 3 N–H and O–H groups in total. The molecule has 1 aliphatic carbocycles. The third-order valence-corrected chi connectivity index (χ3v) is 8.82. The van der Waals surface area contributed by atoms with Crippen molar-refractivity contribution < 1.29 is 17.9 Å². The Kier molecular flexibility index (Phi) is 8.15. The molecular weight excluding hydrogens is 557 g/mol. The molecule has 228 valence electrons. The second-order valence-corrected chi connectivity index (χ2v) is 11.5. The smallest absolute Gasteiger partial charge is 0.416 e. The lowest BCUT2D eigenvalue weighted by Crippen LogP contribution is -2.49. The molecule has 12 heteroatoms. The highest BCUT2D eigenvalue weighted by atomic mass is 19.4. The van der Waals surface area contributed by atoms with Crippen molar-refractivity contribution in [2.24, 2.45) is 0 Å². The van der Waals surface area contributed by atoms with Gasteiger partial charge in [0.15, 0.2) is 5.65 Å². The zero-order valence-electron chi connectivity index (χ0n) is 24.4. The fourth-order valence-corrected chi connectivity index (χ4v) is 6.30. The van der Waals surface area contributed by atoms with Gasteiger partial charge in [-0.1, -0.05) is 18.2 Å². The molecular formula is C31H37F3N8O. The number of halogens is 3. The minimum Gasteiger partial charge on any atom is -0.495 e. The van der Waals surface area contributed by atoms with Gasteiger partial charge in [0.2, 0.25) is 0 Å². The average molecular weight is 595 g/mol. The van der Waals surface area contributed by atoms with E-state index in [9.17, 15) is 13.2 Å². The number of likely N-dealkylation sites (N-methyl/N-ethyl adjacent to an activating group) is 1. The first-order chi connectivity index (χ1) is 20.7. The van der Waals surface area contributed by atoms with Gasteiger partial charge in [0.05, 0.1) is 29.8 Å². The minimum atomic E-state index is -4.36.